The maximum atomic E-state index is 12.9. The molecule has 3 N–H and O–H groups in total. The van der Waals surface area contributed by atoms with Crippen LogP contribution >= 0.6 is 11.6 Å². The predicted octanol–water partition coefficient (Wildman–Crippen LogP) is 3.00. The Morgan fingerprint density at radius 2 is 1.72 bits per heavy atom. The third-order valence-electron chi connectivity index (χ3n) is 5.26. The molecule has 1 heterocycles. The number of hydrazine groups is 1. The molecule has 172 valence electrons. The van der Waals surface area contributed by atoms with Crippen LogP contribution in [0.25, 0.3) is 0 Å². The van der Waals surface area contributed by atoms with Crippen molar-refractivity contribution >= 4 is 39.1 Å². The lowest BCUT2D eigenvalue weighted by Crippen LogP contribution is -2.44. The van der Waals surface area contributed by atoms with E-state index in [1.54, 1.807) is 0 Å². The van der Waals surface area contributed by atoms with E-state index in [0.29, 0.717) is 13.1 Å². The van der Waals surface area contributed by atoms with Gasteiger partial charge < -0.3 is 5.32 Å². The van der Waals surface area contributed by atoms with Gasteiger partial charge in [-0.15, -0.1) is 0 Å². The van der Waals surface area contributed by atoms with Crippen LogP contribution in [0.5, 0.6) is 0 Å². The van der Waals surface area contributed by atoms with E-state index < -0.39 is 21.8 Å². The van der Waals surface area contributed by atoms with Gasteiger partial charge in [-0.3, -0.25) is 20.4 Å². The number of nitrogens with one attached hydrogen (secondary N) is 3. The highest BCUT2D eigenvalue weighted by Gasteiger charge is 2.28. The first-order chi connectivity index (χ1) is 15.2. The standard InChI is InChI=1S/C22H27ClN4O4S/c1-15-6-9-19(16(2)12-15)24-14-21(28)25-26-22(29)17-7-8-18(23)20(13-17)32(30,31)27-10-4-3-5-11-27/h6-9,12-13,24H,3-5,10-11,14H2,1-2H3,(H,25,28)(H,26,29). The van der Waals surface area contributed by atoms with Crippen molar-refractivity contribution in [3.63, 3.8) is 0 Å². The maximum Gasteiger partial charge on any atom is 0.269 e. The Morgan fingerprint density at radius 3 is 2.41 bits per heavy atom. The van der Waals surface area contributed by atoms with Gasteiger partial charge in [-0.2, -0.15) is 4.31 Å². The number of piperidine rings is 1. The summed E-state index contributed by atoms with van der Waals surface area (Å²) in [6.45, 7) is 4.74. The quantitative estimate of drug-likeness (QED) is 0.553. The minimum Gasteiger partial charge on any atom is -0.376 e. The van der Waals surface area contributed by atoms with Crippen LogP contribution in [0.1, 0.15) is 40.7 Å². The molecule has 3 rings (SSSR count). The number of hydrogen-bond donors (Lipinski definition) is 3. The Bertz CT molecular complexity index is 1110. The zero-order valence-electron chi connectivity index (χ0n) is 18.1. The van der Waals surface area contributed by atoms with Crippen molar-refractivity contribution in [3.8, 4) is 0 Å². The number of aryl methyl sites for hydroxylation is 2. The SMILES string of the molecule is Cc1ccc(NCC(=O)NNC(=O)c2ccc(Cl)c(S(=O)(=O)N3CCCCC3)c2)c(C)c1. The molecule has 2 aromatic carbocycles. The molecule has 2 amide bonds. The lowest BCUT2D eigenvalue weighted by Gasteiger charge is -2.26. The molecule has 8 nitrogen and oxygen atoms in total. The summed E-state index contributed by atoms with van der Waals surface area (Å²) in [7, 11) is -3.80. The predicted molar refractivity (Wildman–Crippen MR) is 124 cm³/mol. The first kappa shape index (κ1) is 24.0. The van der Waals surface area contributed by atoms with Gasteiger partial charge in [0.2, 0.25) is 10.0 Å². The van der Waals surface area contributed by atoms with E-state index in [1.165, 1.54) is 22.5 Å². The molecule has 0 bridgehead atoms. The van der Waals surface area contributed by atoms with Gasteiger partial charge in [0.05, 0.1) is 11.6 Å². The number of hydrogen-bond acceptors (Lipinski definition) is 5. The average molecular weight is 479 g/mol. The highest BCUT2D eigenvalue weighted by molar-refractivity contribution is 7.89. The zero-order valence-corrected chi connectivity index (χ0v) is 19.6. The molecule has 10 heteroatoms. The van der Waals surface area contributed by atoms with Crippen LogP contribution in [0.4, 0.5) is 5.69 Å². The van der Waals surface area contributed by atoms with E-state index in [9.17, 15) is 18.0 Å². The second kappa shape index (κ2) is 10.3. The zero-order chi connectivity index (χ0) is 23.3. The molecule has 0 radical (unpaired) electrons. The number of halogens is 1. The molecule has 0 aromatic heterocycles. The number of nitrogens with zero attached hydrogens (tertiary/aromatic N) is 1. The fourth-order valence-corrected chi connectivity index (χ4v) is 5.53. The van der Waals surface area contributed by atoms with Crippen molar-refractivity contribution in [1.82, 2.24) is 15.2 Å². The number of carbonyl (C=O) groups is 2. The molecular weight excluding hydrogens is 452 g/mol. The fraction of sp³-hybridized carbons (Fsp3) is 0.364. The second-order valence-electron chi connectivity index (χ2n) is 7.78. The van der Waals surface area contributed by atoms with Gasteiger partial charge >= 0.3 is 0 Å². The van der Waals surface area contributed by atoms with Crippen LogP contribution < -0.4 is 16.2 Å². The van der Waals surface area contributed by atoms with Crippen LogP contribution in [0.3, 0.4) is 0 Å². The summed E-state index contributed by atoms with van der Waals surface area (Å²) in [5.41, 5.74) is 7.65. The summed E-state index contributed by atoms with van der Waals surface area (Å²) >= 11 is 6.14. The van der Waals surface area contributed by atoms with Gasteiger partial charge in [-0.1, -0.05) is 35.7 Å². The Morgan fingerprint density at radius 1 is 1.00 bits per heavy atom. The van der Waals surface area contributed by atoms with Crippen molar-refractivity contribution in [2.45, 2.75) is 38.0 Å². The molecule has 0 spiro atoms. The first-order valence-corrected chi connectivity index (χ1v) is 12.2. The lowest BCUT2D eigenvalue weighted by atomic mass is 10.1. The van der Waals surface area contributed by atoms with Crippen LogP contribution in [0, 0.1) is 13.8 Å². The van der Waals surface area contributed by atoms with Gasteiger partial charge in [0.25, 0.3) is 11.8 Å². The number of sulfonamides is 1. The average Bonchev–Trinajstić information content (AvgIpc) is 2.77. The third-order valence-corrected chi connectivity index (χ3v) is 7.64. The van der Waals surface area contributed by atoms with Crippen molar-refractivity contribution in [2.24, 2.45) is 0 Å². The molecule has 32 heavy (non-hydrogen) atoms. The van der Waals surface area contributed by atoms with Crippen LogP contribution in [-0.4, -0.2) is 44.2 Å². The molecule has 0 saturated carbocycles. The summed E-state index contributed by atoms with van der Waals surface area (Å²) in [6, 6.07) is 9.84. The molecule has 1 fully saturated rings. The van der Waals surface area contributed by atoms with Crippen molar-refractivity contribution in [1.29, 1.82) is 0 Å². The Hall–Kier alpha value is -2.62. The highest BCUT2D eigenvalue weighted by atomic mass is 35.5. The minimum absolute atomic E-state index is 0.0423. The molecule has 1 saturated heterocycles. The van der Waals surface area contributed by atoms with Crippen molar-refractivity contribution < 1.29 is 18.0 Å². The number of anilines is 1. The minimum atomic E-state index is -3.80. The van der Waals surface area contributed by atoms with E-state index in [4.69, 9.17) is 11.6 Å². The molecule has 0 atom stereocenters. The number of carbonyl (C=O) groups excluding carboxylic acids is 2. The Kier molecular flexibility index (Phi) is 7.76. The maximum absolute atomic E-state index is 12.9. The smallest absolute Gasteiger partial charge is 0.269 e. The van der Waals surface area contributed by atoms with Gasteiger partial charge in [0.1, 0.15) is 4.90 Å². The Labute approximate surface area is 193 Å². The summed E-state index contributed by atoms with van der Waals surface area (Å²) < 4.78 is 27.3. The van der Waals surface area contributed by atoms with Crippen LogP contribution in [0.15, 0.2) is 41.3 Å². The third kappa shape index (κ3) is 5.79. The number of rotatable bonds is 6. The van der Waals surface area contributed by atoms with Gasteiger partial charge in [0, 0.05) is 24.3 Å². The molecule has 2 aromatic rings. The lowest BCUT2D eigenvalue weighted by molar-refractivity contribution is -0.120. The molecule has 0 unspecified atom stereocenters. The summed E-state index contributed by atoms with van der Waals surface area (Å²) in [6.07, 6.45) is 2.57. The van der Waals surface area contributed by atoms with Crippen molar-refractivity contribution in [3.05, 3.63) is 58.1 Å². The Balaban J connectivity index is 1.61. The van der Waals surface area contributed by atoms with Gasteiger partial charge in [-0.25, -0.2) is 8.42 Å². The van der Waals surface area contributed by atoms with E-state index in [1.807, 2.05) is 32.0 Å². The topological polar surface area (TPSA) is 108 Å². The van der Waals surface area contributed by atoms with Crippen LogP contribution in [-0.2, 0) is 14.8 Å². The normalized spacial score (nSPS) is 14.6. The fourth-order valence-electron chi connectivity index (χ4n) is 3.52. The van der Waals surface area contributed by atoms with E-state index in [-0.39, 0.29) is 22.0 Å². The molecular formula is C22H27ClN4O4S. The molecule has 1 aliphatic heterocycles. The van der Waals surface area contributed by atoms with Crippen LogP contribution in [0.2, 0.25) is 5.02 Å². The van der Waals surface area contributed by atoms with Crippen molar-refractivity contribution in [2.75, 3.05) is 25.0 Å². The van der Waals surface area contributed by atoms with E-state index in [2.05, 4.69) is 16.2 Å². The number of amides is 2. The summed E-state index contributed by atoms with van der Waals surface area (Å²) in [5.74, 6) is -1.09. The second-order valence-corrected chi connectivity index (χ2v) is 10.1. The van der Waals surface area contributed by atoms with E-state index in [0.717, 1.165) is 36.1 Å². The van der Waals surface area contributed by atoms with E-state index >= 15 is 0 Å². The first-order valence-electron chi connectivity index (χ1n) is 10.4. The largest absolute Gasteiger partial charge is 0.376 e. The summed E-state index contributed by atoms with van der Waals surface area (Å²) in [4.78, 5) is 24.5. The van der Waals surface area contributed by atoms with Gasteiger partial charge in [-0.05, 0) is 56.5 Å². The molecule has 0 aliphatic carbocycles. The van der Waals surface area contributed by atoms with Gasteiger partial charge in [0.15, 0.2) is 0 Å². The summed E-state index contributed by atoms with van der Waals surface area (Å²) in [5, 5.41) is 3.06. The molecule has 1 aliphatic rings. The monoisotopic (exact) mass is 478 g/mol. The number of benzene rings is 2. The highest BCUT2D eigenvalue weighted by Crippen LogP contribution is 2.27.